The van der Waals surface area contributed by atoms with E-state index in [0.717, 1.165) is 22.2 Å². The lowest BCUT2D eigenvalue weighted by Crippen LogP contribution is -2.02. The van der Waals surface area contributed by atoms with Crippen LogP contribution < -0.4 is 4.74 Å². The normalized spacial score (nSPS) is 16.2. The van der Waals surface area contributed by atoms with E-state index in [0.29, 0.717) is 11.2 Å². The molecule has 0 saturated heterocycles. The van der Waals surface area contributed by atoms with Gasteiger partial charge in [0.1, 0.15) is 5.75 Å². The minimum absolute atomic E-state index is 0.305. The van der Waals surface area contributed by atoms with Crippen LogP contribution in [0.4, 0.5) is 0 Å². The summed E-state index contributed by atoms with van der Waals surface area (Å²) in [4.78, 5) is 8.57. The Morgan fingerprint density at radius 3 is 2.74 bits per heavy atom. The van der Waals surface area contributed by atoms with Gasteiger partial charge < -0.3 is 4.74 Å². The Hall–Kier alpha value is -1.35. The number of benzene rings is 1. The lowest BCUT2D eigenvalue weighted by Gasteiger charge is -2.18. The SMILES string of the molecule is COc1cc(C)c2cnc(Cl)nc2c1C1CCCC1. The van der Waals surface area contributed by atoms with E-state index in [1.54, 1.807) is 7.11 Å². The van der Waals surface area contributed by atoms with Crippen LogP contribution in [0.2, 0.25) is 5.28 Å². The molecule has 19 heavy (non-hydrogen) atoms. The fourth-order valence-corrected chi connectivity index (χ4v) is 3.23. The molecule has 3 rings (SSSR count). The summed E-state index contributed by atoms with van der Waals surface area (Å²) in [5, 5.41) is 1.38. The fourth-order valence-electron chi connectivity index (χ4n) is 3.10. The summed E-state index contributed by atoms with van der Waals surface area (Å²) in [5.41, 5.74) is 3.30. The van der Waals surface area contributed by atoms with Crippen molar-refractivity contribution in [3.05, 3.63) is 28.7 Å². The molecule has 1 heterocycles. The third-order valence-electron chi connectivity index (χ3n) is 4.04. The molecule has 2 aromatic rings. The minimum Gasteiger partial charge on any atom is -0.496 e. The number of ether oxygens (including phenoxy) is 1. The van der Waals surface area contributed by atoms with Crippen molar-refractivity contribution in [3.8, 4) is 5.75 Å². The van der Waals surface area contributed by atoms with Gasteiger partial charge in [-0.05, 0) is 48.9 Å². The van der Waals surface area contributed by atoms with Crippen molar-refractivity contribution in [3.63, 3.8) is 0 Å². The summed E-state index contributed by atoms with van der Waals surface area (Å²) in [7, 11) is 1.72. The summed E-state index contributed by atoms with van der Waals surface area (Å²) >= 11 is 5.98. The van der Waals surface area contributed by atoms with E-state index in [1.807, 2.05) is 6.20 Å². The second kappa shape index (κ2) is 4.97. The molecule has 0 bridgehead atoms. The first-order valence-corrected chi connectivity index (χ1v) is 7.08. The molecular weight excluding hydrogens is 260 g/mol. The highest BCUT2D eigenvalue weighted by atomic mass is 35.5. The molecule has 1 aromatic heterocycles. The highest BCUT2D eigenvalue weighted by Crippen LogP contribution is 2.43. The van der Waals surface area contributed by atoms with Crippen molar-refractivity contribution in [2.45, 2.75) is 38.5 Å². The predicted octanol–water partition coefficient (Wildman–Crippen LogP) is 4.26. The smallest absolute Gasteiger partial charge is 0.222 e. The first-order valence-electron chi connectivity index (χ1n) is 6.70. The molecule has 0 N–H and O–H groups in total. The van der Waals surface area contributed by atoms with Gasteiger partial charge in [0.05, 0.1) is 12.6 Å². The molecule has 1 fully saturated rings. The number of halogens is 1. The second-order valence-electron chi connectivity index (χ2n) is 5.19. The third kappa shape index (κ3) is 2.16. The van der Waals surface area contributed by atoms with E-state index in [9.17, 15) is 0 Å². The van der Waals surface area contributed by atoms with Gasteiger partial charge in [0.25, 0.3) is 0 Å². The molecule has 0 atom stereocenters. The van der Waals surface area contributed by atoms with Crippen molar-refractivity contribution in [1.29, 1.82) is 0 Å². The van der Waals surface area contributed by atoms with Crippen LogP contribution in [0, 0.1) is 6.92 Å². The van der Waals surface area contributed by atoms with Crippen LogP contribution in [0.15, 0.2) is 12.3 Å². The Bertz CT molecular complexity index is 621. The average Bonchev–Trinajstić information content (AvgIpc) is 2.91. The molecule has 3 nitrogen and oxygen atoms in total. The van der Waals surface area contributed by atoms with Gasteiger partial charge in [0.15, 0.2) is 0 Å². The highest BCUT2D eigenvalue weighted by Gasteiger charge is 2.24. The van der Waals surface area contributed by atoms with Crippen LogP contribution in [0.25, 0.3) is 10.9 Å². The maximum Gasteiger partial charge on any atom is 0.222 e. The van der Waals surface area contributed by atoms with Crippen LogP contribution in [0.3, 0.4) is 0 Å². The fraction of sp³-hybridized carbons (Fsp3) is 0.467. The van der Waals surface area contributed by atoms with E-state index >= 15 is 0 Å². The van der Waals surface area contributed by atoms with Crippen molar-refractivity contribution in [2.75, 3.05) is 7.11 Å². The van der Waals surface area contributed by atoms with E-state index in [1.165, 1.54) is 31.2 Å². The Labute approximate surface area is 118 Å². The van der Waals surface area contributed by atoms with Gasteiger partial charge in [-0.15, -0.1) is 0 Å². The molecule has 0 amide bonds. The molecule has 0 radical (unpaired) electrons. The zero-order valence-electron chi connectivity index (χ0n) is 11.2. The van der Waals surface area contributed by atoms with E-state index in [-0.39, 0.29) is 0 Å². The highest BCUT2D eigenvalue weighted by molar-refractivity contribution is 6.28. The number of aromatic nitrogens is 2. The van der Waals surface area contributed by atoms with Crippen LogP contribution >= 0.6 is 11.6 Å². The molecule has 0 unspecified atom stereocenters. The molecule has 1 aliphatic rings. The van der Waals surface area contributed by atoms with Gasteiger partial charge in [0, 0.05) is 17.1 Å². The monoisotopic (exact) mass is 276 g/mol. The number of hydrogen-bond acceptors (Lipinski definition) is 3. The van der Waals surface area contributed by atoms with Crippen molar-refractivity contribution >= 4 is 22.5 Å². The number of hydrogen-bond donors (Lipinski definition) is 0. The topological polar surface area (TPSA) is 35.0 Å². The number of methoxy groups -OCH3 is 1. The molecule has 0 aliphatic heterocycles. The summed E-state index contributed by atoms with van der Waals surface area (Å²) in [5.74, 6) is 1.47. The zero-order valence-corrected chi connectivity index (χ0v) is 12.0. The standard InChI is InChI=1S/C15H17ClN2O/c1-9-7-12(19-2)13(10-5-3-4-6-10)14-11(9)8-17-15(16)18-14/h7-8,10H,3-6H2,1-2H3. The van der Waals surface area contributed by atoms with Crippen LogP contribution in [0.5, 0.6) is 5.75 Å². The van der Waals surface area contributed by atoms with Gasteiger partial charge in [-0.25, -0.2) is 9.97 Å². The summed E-state index contributed by atoms with van der Waals surface area (Å²) in [6, 6.07) is 2.09. The largest absolute Gasteiger partial charge is 0.496 e. The van der Waals surface area contributed by atoms with Gasteiger partial charge in [-0.3, -0.25) is 0 Å². The quantitative estimate of drug-likeness (QED) is 0.769. The van der Waals surface area contributed by atoms with Gasteiger partial charge in [0.2, 0.25) is 5.28 Å². The Balaban J connectivity index is 2.31. The van der Waals surface area contributed by atoms with Gasteiger partial charge in [-0.2, -0.15) is 0 Å². The number of fused-ring (bicyclic) bond motifs is 1. The summed E-state index contributed by atoms with van der Waals surface area (Å²) < 4.78 is 5.58. The summed E-state index contributed by atoms with van der Waals surface area (Å²) in [6.45, 7) is 2.06. The molecule has 4 heteroatoms. The average molecular weight is 277 g/mol. The third-order valence-corrected chi connectivity index (χ3v) is 4.22. The molecule has 1 saturated carbocycles. The summed E-state index contributed by atoms with van der Waals surface area (Å²) in [6.07, 6.45) is 6.79. The van der Waals surface area contributed by atoms with E-state index in [2.05, 4.69) is 23.0 Å². The molecule has 0 spiro atoms. The van der Waals surface area contributed by atoms with Crippen LogP contribution in [-0.4, -0.2) is 17.1 Å². The first-order chi connectivity index (χ1) is 9.20. The van der Waals surface area contributed by atoms with E-state index < -0.39 is 0 Å². The second-order valence-corrected chi connectivity index (χ2v) is 5.53. The lowest BCUT2D eigenvalue weighted by atomic mass is 9.92. The van der Waals surface area contributed by atoms with Crippen LogP contribution in [-0.2, 0) is 0 Å². The zero-order chi connectivity index (χ0) is 13.4. The molecule has 1 aliphatic carbocycles. The van der Waals surface area contributed by atoms with Crippen molar-refractivity contribution in [2.24, 2.45) is 0 Å². The first kappa shape index (κ1) is 12.7. The molecule has 100 valence electrons. The molecular formula is C15H17ClN2O. The number of aryl methyl sites for hydroxylation is 1. The maximum absolute atomic E-state index is 5.98. The lowest BCUT2D eigenvalue weighted by molar-refractivity contribution is 0.406. The minimum atomic E-state index is 0.305. The predicted molar refractivity (Wildman–Crippen MR) is 77.0 cm³/mol. The van der Waals surface area contributed by atoms with Crippen molar-refractivity contribution < 1.29 is 4.74 Å². The van der Waals surface area contributed by atoms with E-state index in [4.69, 9.17) is 16.3 Å². The maximum atomic E-state index is 5.98. The Morgan fingerprint density at radius 1 is 1.32 bits per heavy atom. The number of rotatable bonds is 2. The van der Waals surface area contributed by atoms with Crippen molar-refractivity contribution in [1.82, 2.24) is 9.97 Å². The Kier molecular flexibility index (Phi) is 3.31. The van der Waals surface area contributed by atoms with Gasteiger partial charge >= 0.3 is 0 Å². The molecule has 1 aromatic carbocycles. The number of nitrogens with zero attached hydrogens (tertiary/aromatic N) is 2. The van der Waals surface area contributed by atoms with Crippen LogP contribution in [0.1, 0.15) is 42.7 Å². The van der Waals surface area contributed by atoms with Gasteiger partial charge in [-0.1, -0.05) is 12.8 Å². The Morgan fingerprint density at radius 2 is 2.05 bits per heavy atom.